The third-order valence-corrected chi connectivity index (χ3v) is 4.78. The van der Waals surface area contributed by atoms with Crippen LogP contribution in [0, 0.1) is 0 Å². The lowest BCUT2D eigenvalue weighted by Gasteiger charge is -2.27. The van der Waals surface area contributed by atoms with Crippen LogP contribution in [0.1, 0.15) is 49.7 Å². The van der Waals surface area contributed by atoms with Crippen LogP contribution in [0.5, 0.6) is 0 Å². The number of hydrogen-bond donors (Lipinski definition) is 2. The molecule has 1 saturated heterocycles. The minimum absolute atomic E-state index is 0.0143. The van der Waals surface area contributed by atoms with Crippen LogP contribution in [0.2, 0.25) is 0 Å². The van der Waals surface area contributed by atoms with E-state index in [1.54, 1.807) is 0 Å². The highest BCUT2D eigenvalue weighted by molar-refractivity contribution is 7.80. The maximum Gasteiger partial charge on any atom is 0.170 e. The molecule has 0 amide bonds. The summed E-state index contributed by atoms with van der Waals surface area (Å²) < 4.78 is 2.20. The Kier molecular flexibility index (Phi) is 5.16. The Morgan fingerprint density at radius 2 is 2.17 bits per heavy atom. The molecule has 6 heteroatoms. The van der Waals surface area contributed by atoms with E-state index >= 15 is 0 Å². The molecule has 2 aromatic rings. The van der Waals surface area contributed by atoms with Gasteiger partial charge < -0.3 is 19.9 Å². The van der Waals surface area contributed by atoms with E-state index in [0.717, 1.165) is 17.4 Å². The number of aliphatic hydroxyl groups excluding tert-OH is 1. The summed E-state index contributed by atoms with van der Waals surface area (Å²) in [5.41, 5.74) is 2.19. The van der Waals surface area contributed by atoms with Crippen molar-refractivity contribution in [2.45, 2.75) is 38.4 Å². The largest absolute Gasteiger partial charge is 0.396 e. The molecule has 24 heavy (non-hydrogen) atoms. The molecule has 2 atom stereocenters. The molecule has 0 radical (unpaired) electrons. The molecule has 1 fully saturated rings. The van der Waals surface area contributed by atoms with Gasteiger partial charge in [-0.05, 0) is 56.2 Å². The van der Waals surface area contributed by atoms with E-state index in [4.69, 9.17) is 12.2 Å². The second kappa shape index (κ2) is 7.32. The van der Waals surface area contributed by atoms with Crippen LogP contribution in [0.15, 0.2) is 42.9 Å². The van der Waals surface area contributed by atoms with Crippen LogP contribution in [0.25, 0.3) is 0 Å². The smallest absolute Gasteiger partial charge is 0.170 e. The molecule has 0 unspecified atom stereocenters. The van der Waals surface area contributed by atoms with E-state index in [9.17, 15) is 5.11 Å². The van der Waals surface area contributed by atoms with Gasteiger partial charge in [0.25, 0.3) is 0 Å². The van der Waals surface area contributed by atoms with Gasteiger partial charge in [0.2, 0.25) is 0 Å². The van der Waals surface area contributed by atoms with Crippen LogP contribution < -0.4 is 5.32 Å². The zero-order chi connectivity index (χ0) is 17.1. The Morgan fingerprint density at radius 3 is 2.79 bits per heavy atom. The molecule has 3 rings (SSSR count). The highest BCUT2D eigenvalue weighted by Gasteiger charge is 2.39. The number of pyridine rings is 1. The van der Waals surface area contributed by atoms with Crippen molar-refractivity contribution >= 4 is 17.3 Å². The quantitative estimate of drug-likeness (QED) is 0.789. The average Bonchev–Trinajstić information content (AvgIpc) is 3.18. The SMILES string of the molecule is CC(C)n1ccc([C@@H]2[C@H](c3ccccn3)NC(=S)N2CCCO)c1. The summed E-state index contributed by atoms with van der Waals surface area (Å²) in [6.45, 7) is 5.22. The summed E-state index contributed by atoms with van der Waals surface area (Å²) in [7, 11) is 0. The van der Waals surface area contributed by atoms with Crippen LogP contribution in [-0.2, 0) is 0 Å². The third-order valence-electron chi connectivity index (χ3n) is 4.43. The number of aliphatic hydroxyl groups is 1. The Hall–Kier alpha value is -1.92. The van der Waals surface area contributed by atoms with Crippen molar-refractivity contribution in [3.8, 4) is 0 Å². The fourth-order valence-corrected chi connectivity index (χ4v) is 3.51. The van der Waals surface area contributed by atoms with Gasteiger partial charge in [-0.1, -0.05) is 6.07 Å². The van der Waals surface area contributed by atoms with Gasteiger partial charge in [-0.2, -0.15) is 0 Å². The molecule has 1 aliphatic heterocycles. The predicted molar refractivity (Wildman–Crippen MR) is 98.7 cm³/mol. The molecule has 1 aliphatic rings. The Bertz CT molecular complexity index is 685. The highest BCUT2D eigenvalue weighted by atomic mass is 32.1. The summed E-state index contributed by atoms with van der Waals surface area (Å²) in [5, 5.41) is 13.4. The Balaban J connectivity index is 1.96. The van der Waals surface area contributed by atoms with Gasteiger partial charge in [0, 0.05) is 37.8 Å². The molecular weight excluding hydrogens is 320 g/mol. The summed E-state index contributed by atoms with van der Waals surface area (Å²) in [6.07, 6.45) is 6.80. The van der Waals surface area contributed by atoms with Gasteiger partial charge in [0.15, 0.2) is 5.11 Å². The lowest BCUT2D eigenvalue weighted by Crippen LogP contribution is -2.31. The molecular formula is C18H24N4OS. The van der Waals surface area contributed by atoms with Crippen LogP contribution in [-0.4, -0.2) is 37.8 Å². The second-order valence-corrected chi connectivity index (χ2v) is 6.77. The zero-order valence-electron chi connectivity index (χ0n) is 14.1. The lowest BCUT2D eigenvalue weighted by atomic mass is 9.99. The van der Waals surface area contributed by atoms with Gasteiger partial charge in [-0.3, -0.25) is 4.98 Å². The van der Waals surface area contributed by atoms with Crippen molar-refractivity contribution in [1.29, 1.82) is 0 Å². The number of nitrogens with zero attached hydrogens (tertiary/aromatic N) is 3. The normalized spacial score (nSPS) is 20.7. The van der Waals surface area contributed by atoms with Crippen molar-refractivity contribution in [2.75, 3.05) is 13.2 Å². The molecule has 2 N–H and O–H groups in total. The Labute approximate surface area is 148 Å². The van der Waals surface area contributed by atoms with Gasteiger partial charge in [0.05, 0.1) is 17.8 Å². The molecule has 0 saturated carbocycles. The minimum atomic E-state index is 0.0143. The number of hydrogen-bond acceptors (Lipinski definition) is 3. The van der Waals surface area contributed by atoms with Crippen molar-refractivity contribution in [3.05, 3.63) is 54.1 Å². The van der Waals surface area contributed by atoms with E-state index in [-0.39, 0.29) is 18.7 Å². The summed E-state index contributed by atoms with van der Waals surface area (Å²) in [6, 6.07) is 8.62. The number of thiocarbonyl (C=S) groups is 1. The summed E-state index contributed by atoms with van der Waals surface area (Å²) in [4.78, 5) is 6.69. The van der Waals surface area contributed by atoms with E-state index in [1.165, 1.54) is 5.56 Å². The number of rotatable bonds is 6. The topological polar surface area (TPSA) is 53.3 Å². The maximum absolute atomic E-state index is 9.22. The maximum atomic E-state index is 9.22. The molecule has 0 bridgehead atoms. The monoisotopic (exact) mass is 344 g/mol. The van der Waals surface area contributed by atoms with Gasteiger partial charge in [-0.15, -0.1) is 0 Å². The molecule has 0 aliphatic carbocycles. The van der Waals surface area contributed by atoms with Crippen molar-refractivity contribution in [2.24, 2.45) is 0 Å². The molecule has 128 valence electrons. The summed E-state index contributed by atoms with van der Waals surface area (Å²) >= 11 is 5.56. The molecule has 5 nitrogen and oxygen atoms in total. The highest BCUT2D eigenvalue weighted by Crippen LogP contribution is 2.38. The van der Waals surface area contributed by atoms with Crippen molar-refractivity contribution in [1.82, 2.24) is 19.8 Å². The van der Waals surface area contributed by atoms with E-state index in [1.807, 2.05) is 24.4 Å². The van der Waals surface area contributed by atoms with Gasteiger partial charge >= 0.3 is 0 Å². The van der Waals surface area contributed by atoms with Gasteiger partial charge in [-0.25, -0.2) is 0 Å². The van der Waals surface area contributed by atoms with Crippen LogP contribution in [0.3, 0.4) is 0 Å². The fourth-order valence-electron chi connectivity index (χ4n) is 3.18. The fraction of sp³-hybridized carbons (Fsp3) is 0.444. The second-order valence-electron chi connectivity index (χ2n) is 6.38. The summed E-state index contributed by atoms with van der Waals surface area (Å²) in [5.74, 6) is 0. The first kappa shape index (κ1) is 16.9. The van der Waals surface area contributed by atoms with Crippen molar-refractivity contribution in [3.63, 3.8) is 0 Å². The molecule has 0 spiro atoms. The third kappa shape index (κ3) is 3.30. The number of nitrogens with one attached hydrogen (secondary N) is 1. The first-order valence-electron chi connectivity index (χ1n) is 8.38. The van der Waals surface area contributed by atoms with Crippen molar-refractivity contribution < 1.29 is 5.11 Å². The Morgan fingerprint density at radius 1 is 1.33 bits per heavy atom. The van der Waals surface area contributed by atoms with E-state index in [0.29, 0.717) is 12.5 Å². The average molecular weight is 344 g/mol. The standard InChI is InChI=1S/C18H24N4OS/c1-13(2)21-10-7-14(12-21)17-16(15-6-3-4-8-19-15)20-18(24)22(17)9-5-11-23/h3-4,6-8,10,12-13,16-17,23H,5,9,11H2,1-2H3,(H,20,24)/t16-,17+/m0/s1. The van der Waals surface area contributed by atoms with E-state index < -0.39 is 0 Å². The zero-order valence-corrected chi connectivity index (χ0v) is 14.9. The number of aromatic nitrogens is 2. The van der Waals surface area contributed by atoms with Gasteiger partial charge in [0.1, 0.15) is 0 Å². The first-order valence-corrected chi connectivity index (χ1v) is 8.79. The van der Waals surface area contributed by atoms with E-state index in [2.05, 4.69) is 52.1 Å². The lowest BCUT2D eigenvalue weighted by molar-refractivity contribution is 0.247. The predicted octanol–water partition coefficient (Wildman–Crippen LogP) is 2.82. The van der Waals surface area contributed by atoms with Crippen LogP contribution in [0.4, 0.5) is 0 Å². The molecule has 2 aromatic heterocycles. The minimum Gasteiger partial charge on any atom is -0.396 e. The van der Waals surface area contributed by atoms with Crippen LogP contribution >= 0.6 is 12.2 Å². The molecule has 0 aromatic carbocycles. The first-order chi connectivity index (χ1) is 11.6. The molecule has 3 heterocycles.